The first-order valence-electron chi connectivity index (χ1n) is 8.59. The average molecular weight is 411 g/mol. The summed E-state index contributed by atoms with van der Waals surface area (Å²) in [6, 6.07) is 6.37. The highest BCUT2D eigenvalue weighted by Crippen LogP contribution is 2.38. The van der Waals surface area contributed by atoms with Crippen LogP contribution < -0.4 is 0 Å². The Balaban J connectivity index is 2.19. The Morgan fingerprint density at radius 1 is 1.17 bits per heavy atom. The molecule has 0 saturated carbocycles. The zero-order chi connectivity index (χ0) is 18.3. The van der Waals surface area contributed by atoms with Crippen molar-refractivity contribution in [1.82, 2.24) is 9.78 Å². The van der Waals surface area contributed by atoms with Crippen molar-refractivity contribution in [1.29, 1.82) is 0 Å². The molecule has 5 heteroatoms. The van der Waals surface area contributed by atoms with E-state index in [4.69, 9.17) is 9.52 Å². The van der Waals surface area contributed by atoms with Crippen LogP contribution in [0.2, 0.25) is 18.1 Å². The van der Waals surface area contributed by atoms with E-state index in [-0.39, 0.29) is 10.5 Å². The molecule has 24 heavy (non-hydrogen) atoms. The molecule has 0 aliphatic carbocycles. The van der Waals surface area contributed by atoms with Crippen molar-refractivity contribution < 1.29 is 4.43 Å². The molecule has 1 heterocycles. The second-order valence-corrected chi connectivity index (χ2v) is 14.8. The van der Waals surface area contributed by atoms with Crippen molar-refractivity contribution in [3.05, 3.63) is 28.4 Å². The minimum absolute atomic E-state index is 0.0310. The number of aryl methyl sites for hydroxylation is 1. The Morgan fingerprint density at radius 3 is 2.38 bits per heavy atom. The summed E-state index contributed by atoms with van der Waals surface area (Å²) in [5, 5.41) is 6.22. The number of fused-ring (bicyclic) bond motifs is 1. The lowest BCUT2D eigenvalue weighted by Crippen LogP contribution is -2.43. The second kappa shape index (κ2) is 6.58. The Kier molecular flexibility index (Phi) is 5.39. The van der Waals surface area contributed by atoms with Crippen molar-refractivity contribution in [2.45, 2.75) is 66.2 Å². The molecule has 0 spiro atoms. The summed E-state index contributed by atoms with van der Waals surface area (Å²) < 4.78 is 9.68. The van der Waals surface area contributed by atoms with Crippen LogP contribution >= 0.6 is 15.9 Å². The Morgan fingerprint density at radius 2 is 1.79 bits per heavy atom. The third-order valence-electron chi connectivity index (χ3n) is 5.11. The molecule has 2 aromatic rings. The van der Waals surface area contributed by atoms with Gasteiger partial charge in [-0.3, -0.25) is 4.68 Å². The fourth-order valence-electron chi connectivity index (χ4n) is 2.48. The highest BCUT2D eigenvalue weighted by atomic mass is 79.9. The smallest absolute Gasteiger partial charge is 0.192 e. The van der Waals surface area contributed by atoms with Crippen LogP contribution in [0.15, 0.2) is 22.7 Å². The van der Waals surface area contributed by atoms with Crippen molar-refractivity contribution in [2.75, 3.05) is 6.61 Å². The first-order chi connectivity index (χ1) is 10.8. The van der Waals surface area contributed by atoms with Gasteiger partial charge >= 0.3 is 0 Å². The van der Waals surface area contributed by atoms with E-state index >= 15 is 0 Å². The largest absolute Gasteiger partial charge is 0.416 e. The van der Waals surface area contributed by atoms with E-state index < -0.39 is 8.32 Å². The van der Waals surface area contributed by atoms with Crippen LogP contribution in [0.1, 0.15) is 40.3 Å². The van der Waals surface area contributed by atoms with E-state index in [1.54, 1.807) is 0 Å². The number of nitrogens with zero attached hydrogens (tertiary/aromatic N) is 2. The summed E-state index contributed by atoms with van der Waals surface area (Å²) in [6.07, 6.45) is 0. The van der Waals surface area contributed by atoms with E-state index in [2.05, 4.69) is 93.4 Å². The lowest BCUT2D eigenvalue weighted by Gasteiger charge is -2.39. The second-order valence-electron chi connectivity index (χ2n) is 9.12. The molecule has 0 bridgehead atoms. The number of halogens is 1. The number of benzene rings is 1. The molecule has 2 rings (SSSR count). The van der Waals surface area contributed by atoms with Crippen molar-refractivity contribution in [3.63, 3.8) is 0 Å². The standard InChI is InChI=1S/C19H31BrN2OSi/c1-14-16-10-9-15(20)11-17(16)22(21-14)12-19(5,6)13-23-24(7,8)18(2,3)4/h9-11H,12-13H2,1-8H3. The fourth-order valence-corrected chi connectivity index (χ4v) is 4.01. The Hall–Kier alpha value is -0.653. The van der Waals surface area contributed by atoms with Gasteiger partial charge in [-0.05, 0) is 43.3 Å². The third-order valence-corrected chi connectivity index (χ3v) is 10.1. The molecule has 3 nitrogen and oxygen atoms in total. The van der Waals surface area contributed by atoms with Gasteiger partial charge in [0.05, 0.1) is 11.2 Å². The molecule has 0 radical (unpaired) electrons. The Bertz CT molecular complexity index is 729. The molecular formula is C19H31BrN2OSi. The Labute approximate surface area is 156 Å². The van der Waals surface area contributed by atoms with E-state index in [0.29, 0.717) is 0 Å². The summed E-state index contributed by atoms with van der Waals surface area (Å²) in [6.45, 7) is 19.7. The van der Waals surface area contributed by atoms with E-state index in [1.807, 2.05) is 0 Å². The predicted octanol–water partition coefficient (Wildman–Crippen LogP) is 6.16. The van der Waals surface area contributed by atoms with Crippen LogP contribution in [0.5, 0.6) is 0 Å². The van der Waals surface area contributed by atoms with Gasteiger partial charge in [-0.2, -0.15) is 5.10 Å². The van der Waals surface area contributed by atoms with E-state index in [0.717, 1.165) is 23.3 Å². The van der Waals surface area contributed by atoms with Crippen LogP contribution in [0.25, 0.3) is 10.9 Å². The minimum atomic E-state index is -1.73. The molecule has 0 aliphatic rings. The maximum atomic E-state index is 6.46. The van der Waals surface area contributed by atoms with Gasteiger partial charge in [-0.25, -0.2) is 0 Å². The molecule has 0 amide bonds. The first kappa shape index (κ1) is 19.7. The summed E-state index contributed by atoms with van der Waals surface area (Å²) in [5.41, 5.74) is 2.30. The molecule has 0 atom stereocenters. The van der Waals surface area contributed by atoms with Gasteiger partial charge in [-0.15, -0.1) is 0 Å². The summed E-state index contributed by atoms with van der Waals surface area (Å²) in [7, 11) is -1.73. The summed E-state index contributed by atoms with van der Waals surface area (Å²) >= 11 is 3.57. The molecule has 0 fully saturated rings. The number of hydrogen-bond acceptors (Lipinski definition) is 2. The van der Waals surface area contributed by atoms with E-state index in [9.17, 15) is 0 Å². The van der Waals surface area contributed by atoms with Crippen LogP contribution in [0.3, 0.4) is 0 Å². The molecular weight excluding hydrogens is 380 g/mol. The van der Waals surface area contributed by atoms with Gasteiger partial charge in [0.15, 0.2) is 8.32 Å². The topological polar surface area (TPSA) is 27.1 Å². The first-order valence-corrected chi connectivity index (χ1v) is 12.3. The van der Waals surface area contributed by atoms with Gasteiger partial charge in [0, 0.05) is 28.4 Å². The minimum Gasteiger partial charge on any atom is -0.416 e. The molecule has 0 N–H and O–H groups in total. The third kappa shape index (κ3) is 4.30. The maximum absolute atomic E-state index is 6.46. The van der Waals surface area contributed by atoms with Crippen molar-refractivity contribution in [3.8, 4) is 0 Å². The summed E-state index contributed by atoms with van der Waals surface area (Å²) in [5.74, 6) is 0. The molecule has 0 aliphatic heterocycles. The van der Waals surface area contributed by atoms with Gasteiger partial charge in [-0.1, -0.05) is 50.5 Å². The molecule has 0 saturated heterocycles. The van der Waals surface area contributed by atoms with Crippen LogP contribution in [-0.2, 0) is 11.0 Å². The molecule has 1 aromatic heterocycles. The average Bonchev–Trinajstić information content (AvgIpc) is 2.71. The summed E-state index contributed by atoms with van der Waals surface area (Å²) in [4.78, 5) is 0. The monoisotopic (exact) mass is 410 g/mol. The number of hydrogen-bond donors (Lipinski definition) is 0. The lowest BCUT2D eigenvalue weighted by atomic mass is 9.95. The quantitative estimate of drug-likeness (QED) is 0.552. The van der Waals surface area contributed by atoms with Crippen molar-refractivity contribution >= 4 is 35.2 Å². The molecule has 1 aromatic carbocycles. The molecule has 0 unspecified atom stereocenters. The zero-order valence-corrected chi connectivity index (χ0v) is 18.9. The van der Waals surface area contributed by atoms with Crippen molar-refractivity contribution in [2.24, 2.45) is 5.41 Å². The van der Waals surface area contributed by atoms with E-state index in [1.165, 1.54) is 10.9 Å². The SMILES string of the molecule is Cc1nn(CC(C)(C)CO[Si](C)(C)C(C)(C)C)c2cc(Br)ccc12. The lowest BCUT2D eigenvalue weighted by molar-refractivity contribution is 0.143. The van der Waals surface area contributed by atoms with Crippen LogP contribution in [0.4, 0.5) is 0 Å². The highest BCUT2D eigenvalue weighted by Gasteiger charge is 2.38. The van der Waals surface area contributed by atoms with Gasteiger partial charge in [0.25, 0.3) is 0 Å². The molecule has 134 valence electrons. The number of rotatable bonds is 5. The normalized spacial score (nSPS) is 13.7. The van der Waals surface area contributed by atoms with Gasteiger partial charge in [0.1, 0.15) is 0 Å². The zero-order valence-electron chi connectivity index (χ0n) is 16.3. The van der Waals surface area contributed by atoms with Gasteiger partial charge in [0.2, 0.25) is 0 Å². The predicted molar refractivity (Wildman–Crippen MR) is 109 cm³/mol. The van der Waals surface area contributed by atoms with Crippen LogP contribution in [-0.4, -0.2) is 24.7 Å². The highest BCUT2D eigenvalue weighted by molar-refractivity contribution is 9.10. The van der Waals surface area contributed by atoms with Crippen LogP contribution in [0, 0.1) is 12.3 Å². The maximum Gasteiger partial charge on any atom is 0.192 e. The number of aromatic nitrogens is 2. The van der Waals surface area contributed by atoms with Gasteiger partial charge < -0.3 is 4.43 Å². The fraction of sp³-hybridized carbons (Fsp3) is 0.632.